The highest BCUT2D eigenvalue weighted by Crippen LogP contribution is 2.26. The molecule has 0 aliphatic rings. The second-order valence-electron chi connectivity index (χ2n) is 2.63. The molecule has 1 aromatic carbocycles. The van der Waals surface area contributed by atoms with Crippen LogP contribution in [0.3, 0.4) is 0 Å². The van der Waals surface area contributed by atoms with Crippen molar-refractivity contribution in [3.05, 3.63) is 24.3 Å². The maximum absolute atomic E-state index is 10.5. The topological polar surface area (TPSA) is 35.5 Å². The van der Waals surface area contributed by atoms with E-state index < -0.39 is 5.43 Å². The van der Waals surface area contributed by atoms with Gasteiger partial charge in [0.25, 0.3) is 0 Å². The van der Waals surface area contributed by atoms with Crippen LogP contribution in [0.4, 0.5) is 4.79 Å². The van der Waals surface area contributed by atoms with Crippen LogP contribution in [-0.2, 0) is 0 Å². The Morgan fingerprint density at radius 2 is 2.00 bits per heavy atom. The van der Waals surface area contributed by atoms with E-state index in [9.17, 15) is 4.79 Å². The number of carbonyl (C=O) groups is 1. The predicted molar refractivity (Wildman–Crippen MR) is 54.1 cm³/mol. The first-order valence-corrected chi connectivity index (χ1v) is 4.71. The molecule has 0 N–H and O–H groups in total. The molecule has 1 aromatic rings. The van der Waals surface area contributed by atoms with Crippen LogP contribution < -0.4 is 9.47 Å². The van der Waals surface area contributed by atoms with E-state index in [2.05, 4.69) is 0 Å². The van der Waals surface area contributed by atoms with E-state index in [1.54, 1.807) is 24.3 Å². The van der Waals surface area contributed by atoms with E-state index in [-0.39, 0.29) is 0 Å². The fourth-order valence-electron chi connectivity index (χ4n) is 0.952. The van der Waals surface area contributed by atoms with E-state index in [0.29, 0.717) is 18.1 Å². The summed E-state index contributed by atoms with van der Waals surface area (Å²) in [4.78, 5) is 10.5. The first-order chi connectivity index (χ1) is 6.74. The summed E-state index contributed by atoms with van der Waals surface area (Å²) >= 11 is 5.10. The average Bonchev–Trinajstić information content (AvgIpc) is 2.16. The molecule has 0 atom stereocenters. The van der Waals surface area contributed by atoms with E-state index >= 15 is 0 Å². The van der Waals surface area contributed by atoms with Gasteiger partial charge in [-0.15, -0.1) is 0 Å². The fraction of sp³-hybridized carbons (Fsp3) is 0.300. The van der Waals surface area contributed by atoms with Gasteiger partial charge in [0.2, 0.25) is 0 Å². The molecule has 0 heterocycles. The van der Waals surface area contributed by atoms with Crippen molar-refractivity contribution >= 4 is 17.0 Å². The van der Waals surface area contributed by atoms with Gasteiger partial charge < -0.3 is 9.47 Å². The molecule has 0 fully saturated rings. The standard InChI is InChI=1S/C10H11ClO3/c1-2-7-13-8-5-3-4-6-9(8)14-10(11)12/h3-6H,2,7H2,1H3. The molecule has 4 heteroatoms. The second kappa shape index (κ2) is 5.50. The highest BCUT2D eigenvalue weighted by Gasteiger charge is 2.06. The molecule has 0 saturated heterocycles. The van der Waals surface area contributed by atoms with Gasteiger partial charge in [-0.2, -0.15) is 0 Å². The molecule has 0 bridgehead atoms. The Balaban J connectivity index is 2.74. The van der Waals surface area contributed by atoms with Gasteiger partial charge in [-0.3, -0.25) is 0 Å². The maximum atomic E-state index is 10.5. The number of hydrogen-bond acceptors (Lipinski definition) is 3. The van der Waals surface area contributed by atoms with E-state index in [0.717, 1.165) is 6.42 Å². The predicted octanol–water partition coefficient (Wildman–Crippen LogP) is 3.21. The summed E-state index contributed by atoms with van der Waals surface area (Å²) in [6, 6.07) is 6.90. The van der Waals surface area contributed by atoms with Crippen molar-refractivity contribution in [1.82, 2.24) is 0 Å². The van der Waals surface area contributed by atoms with Gasteiger partial charge >= 0.3 is 5.43 Å². The summed E-state index contributed by atoms with van der Waals surface area (Å²) in [5.41, 5.74) is -0.863. The minimum atomic E-state index is -0.863. The Hall–Kier alpha value is -1.22. The van der Waals surface area contributed by atoms with Gasteiger partial charge in [-0.1, -0.05) is 19.1 Å². The minimum Gasteiger partial charge on any atom is -0.490 e. The summed E-state index contributed by atoms with van der Waals surface area (Å²) in [6.45, 7) is 2.58. The van der Waals surface area contributed by atoms with Crippen LogP contribution >= 0.6 is 11.6 Å². The van der Waals surface area contributed by atoms with E-state index in [1.165, 1.54) is 0 Å². The molecule has 1 rings (SSSR count). The zero-order valence-electron chi connectivity index (χ0n) is 7.83. The molecule has 0 spiro atoms. The lowest BCUT2D eigenvalue weighted by atomic mass is 10.3. The average molecular weight is 215 g/mol. The molecule has 0 aromatic heterocycles. The maximum Gasteiger partial charge on any atom is 0.409 e. The van der Waals surface area contributed by atoms with Crippen LogP contribution in [0.1, 0.15) is 13.3 Å². The van der Waals surface area contributed by atoms with Gasteiger partial charge in [-0.25, -0.2) is 4.79 Å². The summed E-state index contributed by atoms with van der Waals surface area (Å²) < 4.78 is 10.1. The van der Waals surface area contributed by atoms with Gasteiger partial charge in [0.1, 0.15) is 0 Å². The van der Waals surface area contributed by atoms with Gasteiger partial charge in [0.15, 0.2) is 11.5 Å². The van der Waals surface area contributed by atoms with Gasteiger partial charge in [-0.05, 0) is 18.6 Å². The Labute approximate surface area is 87.6 Å². The van der Waals surface area contributed by atoms with Crippen molar-refractivity contribution in [2.75, 3.05) is 6.61 Å². The van der Waals surface area contributed by atoms with Crippen LogP contribution in [0.15, 0.2) is 24.3 Å². The normalized spacial score (nSPS) is 9.57. The number of para-hydroxylation sites is 2. The minimum absolute atomic E-state index is 0.348. The summed E-state index contributed by atoms with van der Waals surface area (Å²) in [7, 11) is 0. The van der Waals surface area contributed by atoms with Crippen molar-refractivity contribution < 1.29 is 14.3 Å². The number of hydrogen-bond donors (Lipinski definition) is 0. The zero-order valence-corrected chi connectivity index (χ0v) is 8.58. The molecule has 0 saturated carbocycles. The monoisotopic (exact) mass is 214 g/mol. The Morgan fingerprint density at radius 3 is 2.57 bits per heavy atom. The van der Waals surface area contributed by atoms with Gasteiger partial charge in [0.05, 0.1) is 6.61 Å². The Morgan fingerprint density at radius 1 is 1.36 bits per heavy atom. The third-order valence-electron chi connectivity index (χ3n) is 1.50. The molecular weight excluding hydrogens is 204 g/mol. The zero-order chi connectivity index (χ0) is 10.4. The molecule has 0 radical (unpaired) electrons. The third kappa shape index (κ3) is 3.26. The first kappa shape index (κ1) is 10.9. The smallest absolute Gasteiger partial charge is 0.409 e. The molecule has 0 amide bonds. The lowest BCUT2D eigenvalue weighted by molar-refractivity contribution is 0.221. The molecule has 0 aliphatic heterocycles. The first-order valence-electron chi connectivity index (χ1n) is 4.33. The lowest BCUT2D eigenvalue weighted by Crippen LogP contribution is -2.01. The number of benzene rings is 1. The number of halogens is 1. The summed E-state index contributed by atoms with van der Waals surface area (Å²) in [5, 5.41) is 0. The van der Waals surface area contributed by atoms with Crippen molar-refractivity contribution in [2.45, 2.75) is 13.3 Å². The highest BCUT2D eigenvalue weighted by atomic mass is 35.5. The quantitative estimate of drug-likeness (QED) is 0.722. The van der Waals surface area contributed by atoms with Gasteiger partial charge in [0, 0.05) is 11.6 Å². The lowest BCUT2D eigenvalue weighted by Gasteiger charge is -2.08. The second-order valence-corrected chi connectivity index (χ2v) is 2.94. The van der Waals surface area contributed by atoms with Crippen molar-refractivity contribution in [1.29, 1.82) is 0 Å². The molecule has 3 nitrogen and oxygen atoms in total. The molecular formula is C10H11ClO3. The molecule has 76 valence electrons. The van der Waals surface area contributed by atoms with E-state index in [1.807, 2.05) is 6.92 Å². The number of carbonyl (C=O) groups excluding carboxylic acids is 1. The van der Waals surface area contributed by atoms with Crippen LogP contribution in [0.2, 0.25) is 0 Å². The number of rotatable bonds is 4. The fourth-order valence-corrected chi connectivity index (χ4v) is 1.04. The van der Waals surface area contributed by atoms with Crippen LogP contribution in [0.5, 0.6) is 11.5 Å². The van der Waals surface area contributed by atoms with Crippen molar-refractivity contribution in [3.63, 3.8) is 0 Å². The third-order valence-corrected chi connectivity index (χ3v) is 1.58. The molecule has 0 unspecified atom stereocenters. The van der Waals surface area contributed by atoms with Crippen molar-refractivity contribution in [3.8, 4) is 11.5 Å². The largest absolute Gasteiger partial charge is 0.490 e. The molecule has 14 heavy (non-hydrogen) atoms. The molecule has 0 aliphatic carbocycles. The summed E-state index contributed by atoms with van der Waals surface area (Å²) in [5.74, 6) is 0.879. The Bertz CT molecular complexity index is 312. The van der Waals surface area contributed by atoms with Crippen molar-refractivity contribution in [2.24, 2.45) is 0 Å². The number of ether oxygens (including phenoxy) is 2. The van der Waals surface area contributed by atoms with Crippen LogP contribution in [-0.4, -0.2) is 12.0 Å². The van der Waals surface area contributed by atoms with E-state index in [4.69, 9.17) is 21.1 Å². The summed E-state index contributed by atoms with van der Waals surface area (Å²) in [6.07, 6.45) is 0.892. The highest BCUT2D eigenvalue weighted by molar-refractivity contribution is 6.61. The Kier molecular flexibility index (Phi) is 4.26. The van der Waals surface area contributed by atoms with Crippen LogP contribution in [0, 0.1) is 0 Å². The SMILES string of the molecule is CCCOc1ccccc1OC(=O)Cl. The van der Waals surface area contributed by atoms with Crippen LogP contribution in [0.25, 0.3) is 0 Å².